The van der Waals surface area contributed by atoms with Gasteiger partial charge in [-0.1, -0.05) is 61.0 Å². The molecule has 0 bridgehead atoms. The first-order valence-electron chi connectivity index (χ1n) is 4.90. The largest absolute Gasteiger partial charge is 0.305 e. The second-order valence-corrected chi connectivity index (χ2v) is 5.49. The van der Waals surface area contributed by atoms with Crippen LogP contribution in [-0.2, 0) is 10.3 Å². The van der Waals surface area contributed by atoms with Crippen molar-refractivity contribution in [3.8, 4) is 0 Å². The molecule has 0 saturated heterocycles. The molecule has 0 radical (unpaired) electrons. The van der Waals surface area contributed by atoms with E-state index in [0.29, 0.717) is 5.82 Å². The van der Waals surface area contributed by atoms with Gasteiger partial charge in [0, 0.05) is 6.42 Å². The predicted molar refractivity (Wildman–Crippen MR) is 61.2 cm³/mol. The van der Waals surface area contributed by atoms with E-state index in [2.05, 4.69) is 22.3 Å². The van der Waals surface area contributed by atoms with Gasteiger partial charge in [-0.15, -0.1) is 15.0 Å². The zero-order valence-electron chi connectivity index (χ0n) is 8.46. The van der Waals surface area contributed by atoms with E-state index >= 15 is 0 Å². The number of rotatable bonds is 5. The van der Waals surface area contributed by atoms with Crippen molar-refractivity contribution in [2.45, 2.75) is 42.9 Å². The van der Waals surface area contributed by atoms with Crippen LogP contribution in [0.5, 0.6) is 0 Å². The van der Waals surface area contributed by atoms with Gasteiger partial charge in [0.25, 0.3) is 0 Å². The normalized spacial score (nSPS) is 12.0. The van der Waals surface area contributed by atoms with Gasteiger partial charge in [-0.3, -0.25) is 0 Å². The lowest BCUT2D eigenvalue weighted by molar-refractivity contribution is 0.556. The highest BCUT2D eigenvalue weighted by Crippen LogP contribution is 2.29. The van der Waals surface area contributed by atoms with E-state index in [1.165, 1.54) is 19.3 Å². The average Bonchev–Trinajstić information content (AvgIpc) is 2.60. The molecule has 0 saturated carbocycles. The lowest BCUT2D eigenvalue weighted by Gasteiger charge is -2.06. The van der Waals surface area contributed by atoms with E-state index < -0.39 is 3.92 Å². The SMILES string of the molecule is CCCCCCc1nnn(C(Cl)(Cl)Cl)n1. The maximum atomic E-state index is 5.58. The summed E-state index contributed by atoms with van der Waals surface area (Å²) in [4.78, 5) is 0.993. The predicted octanol–water partition coefficient (Wildman–Crippen LogP) is 3.08. The van der Waals surface area contributed by atoms with Gasteiger partial charge in [-0.2, -0.15) is 0 Å². The number of alkyl halides is 3. The molecule has 0 aliphatic carbocycles. The van der Waals surface area contributed by atoms with Crippen LogP contribution in [0.25, 0.3) is 0 Å². The second kappa shape index (κ2) is 5.87. The van der Waals surface area contributed by atoms with E-state index in [1.54, 1.807) is 0 Å². The molecule has 0 spiro atoms. The quantitative estimate of drug-likeness (QED) is 0.610. The Morgan fingerprint density at radius 3 is 2.47 bits per heavy atom. The fraction of sp³-hybridized carbons (Fsp3) is 0.875. The van der Waals surface area contributed by atoms with Gasteiger partial charge in [0.15, 0.2) is 5.82 Å². The minimum Gasteiger partial charge on any atom is -0.132 e. The highest BCUT2D eigenvalue weighted by atomic mass is 35.6. The second-order valence-electron chi connectivity index (χ2n) is 3.27. The monoisotopic (exact) mass is 270 g/mol. The van der Waals surface area contributed by atoms with Gasteiger partial charge in [0.1, 0.15) is 0 Å². The highest BCUT2D eigenvalue weighted by molar-refractivity contribution is 6.64. The fourth-order valence-corrected chi connectivity index (χ4v) is 1.38. The molecule has 0 aromatic carbocycles. The molecular weight excluding hydrogens is 258 g/mol. The minimum absolute atomic E-state index is 0.623. The maximum absolute atomic E-state index is 5.58. The Morgan fingerprint density at radius 2 is 1.93 bits per heavy atom. The van der Waals surface area contributed by atoms with Crippen molar-refractivity contribution in [2.24, 2.45) is 0 Å². The Balaban J connectivity index is 2.40. The number of hydrogen-bond donors (Lipinski definition) is 0. The zero-order valence-corrected chi connectivity index (χ0v) is 10.7. The van der Waals surface area contributed by atoms with Gasteiger partial charge in [-0.25, -0.2) is 0 Å². The summed E-state index contributed by atoms with van der Waals surface area (Å²) < 4.78 is -1.64. The molecule has 4 nitrogen and oxygen atoms in total. The number of nitrogens with zero attached hydrogens (tertiary/aromatic N) is 4. The first kappa shape index (κ1) is 13.0. The Bertz CT molecular complexity index is 294. The van der Waals surface area contributed by atoms with Crippen molar-refractivity contribution in [1.82, 2.24) is 20.2 Å². The average molecular weight is 272 g/mol. The molecule has 0 aliphatic rings. The Labute approximate surface area is 104 Å². The van der Waals surface area contributed by atoms with Crippen LogP contribution < -0.4 is 0 Å². The fourth-order valence-electron chi connectivity index (χ4n) is 1.16. The molecule has 1 aromatic rings. The van der Waals surface area contributed by atoms with Crippen molar-refractivity contribution >= 4 is 34.8 Å². The summed E-state index contributed by atoms with van der Waals surface area (Å²) >= 11 is 16.8. The number of aryl methyl sites for hydroxylation is 1. The first-order chi connectivity index (χ1) is 7.04. The van der Waals surface area contributed by atoms with E-state index in [1.807, 2.05) is 0 Å². The van der Waals surface area contributed by atoms with E-state index in [9.17, 15) is 0 Å². The Morgan fingerprint density at radius 1 is 1.20 bits per heavy atom. The van der Waals surface area contributed by atoms with Crippen molar-refractivity contribution in [1.29, 1.82) is 0 Å². The van der Waals surface area contributed by atoms with Crippen LogP contribution in [0.3, 0.4) is 0 Å². The third-order valence-corrected chi connectivity index (χ3v) is 2.39. The van der Waals surface area contributed by atoms with Crippen LogP contribution >= 0.6 is 34.8 Å². The summed E-state index contributed by atoms with van der Waals surface area (Å²) in [6.45, 7) is 2.16. The summed E-state index contributed by atoms with van der Waals surface area (Å²) in [5.74, 6) is 0.623. The van der Waals surface area contributed by atoms with Crippen molar-refractivity contribution < 1.29 is 0 Å². The standard InChI is InChI=1S/C8H13Cl3N4/c1-2-3-4-5-6-7-12-14-15(13-7)8(9,10)11/h2-6H2,1H3. The molecule has 0 amide bonds. The molecule has 86 valence electrons. The van der Waals surface area contributed by atoms with Gasteiger partial charge < -0.3 is 0 Å². The lowest BCUT2D eigenvalue weighted by Crippen LogP contribution is -2.16. The molecule has 1 heterocycles. The number of hydrogen-bond acceptors (Lipinski definition) is 3. The third kappa shape index (κ3) is 4.53. The van der Waals surface area contributed by atoms with Crippen LogP contribution in [0.1, 0.15) is 38.4 Å². The smallest absolute Gasteiger partial charge is 0.132 e. The molecule has 1 rings (SSSR count). The summed E-state index contributed by atoms with van der Waals surface area (Å²) in [5.41, 5.74) is 0. The van der Waals surface area contributed by atoms with Crippen LogP contribution in [0.4, 0.5) is 0 Å². The van der Waals surface area contributed by atoms with Crippen molar-refractivity contribution in [2.75, 3.05) is 0 Å². The summed E-state index contributed by atoms with van der Waals surface area (Å²) in [6.07, 6.45) is 5.41. The van der Waals surface area contributed by atoms with Crippen LogP contribution in [0.15, 0.2) is 0 Å². The summed E-state index contributed by atoms with van der Waals surface area (Å²) in [5, 5.41) is 11.5. The Kier molecular flexibility index (Phi) is 5.09. The molecule has 0 aliphatic heterocycles. The van der Waals surface area contributed by atoms with Gasteiger partial charge >= 0.3 is 3.92 Å². The maximum Gasteiger partial charge on any atom is 0.305 e. The molecular formula is C8H13Cl3N4. The number of halogens is 3. The van der Waals surface area contributed by atoms with Crippen molar-refractivity contribution in [3.05, 3.63) is 5.82 Å². The van der Waals surface area contributed by atoms with E-state index in [4.69, 9.17) is 34.8 Å². The molecule has 15 heavy (non-hydrogen) atoms. The minimum atomic E-state index is -1.64. The van der Waals surface area contributed by atoms with Gasteiger partial charge in [0.2, 0.25) is 0 Å². The number of aromatic nitrogens is 4. The van der Waals surface area contributed by atoms with E-state index in [0.717, 1.165) is 17.6 Å². The summed E-state index contributed by atoms with van der Waals surface area (Å²) in [7, 11) is 0. The first-order valence-corrected chi connectivity index (χ1v) is 6.03. The lowest BCUT2D eigenvalue weighted by atomic mass is 10.1. The molecule has 1 aromatic heterocycles. The molecule has 0 N–H and O–H groups in total. The van der Waals surface area contributed by atoms with Crippen LogP contribution in [0.2, 0.25) is 0 Å². The topological polar surface area (TPSA) is 43.6 Å². The number of tetrazole rings is 1. The van der Waals surface area contributed by atoms with Crippen LogP contribution in [-0.4, -0.2) is 20.2 Å². The third-order valence-electron chi connectivity index (χ3n) is 1.94. The molecule has 0 atom stereocenters. The number of unbranched alkanes of at least 4 members (excludes halogenated alkanes) is 3. The van der Waals surface area contributed by atoms with E-state index in [-0.39, 0.29) is 0 Å². The molecule has 7 heteroatoms. The highest BCUT2D eigenvalue weighted by Gasteiger charge is 2.25. The summed E-state index contributed by atoms with van der Waals surface area (Å²) in [6, 6.07) is 0. The van der Waals surface area contributed by atoms with Gasteiger partial charge in [0.05, 0.1) is 0 Å². The van der Waals surface area contributed by atoms with Gasteiger partial charge in [-0.05, 0) is 11.6 Å². The molecule has 0 fully saturated rings. The van der Waals surface area contributed by atoms with Crippen LogP contribution in [0, 0.1) is 0 Å². The zero-order chi connectivity index (χ0) is 11.3. The molecule has 0 unspecified atom stereocenters. The van der Waals surface area contributed by atoms with Crippen molar-refractivity contribution in [3.63, 3.8) is 0 Å². The Hall–Kier alpha value is -0.0600.